The Morgan fingerprint density at radius 2 is 2.00 bits per heavy atom. The van der Waals surface area contributed by atoms with Gasteiger partial charge in [-0.3, -0.25) is 0 Å². The van der Waals surface area contributed by atoms with E-state index in [1.165, 1.54) is 12.1 Å². The van der Waals surface area contributed by atoms with Gasteiger partial charge < -0.3 is 4.42 Å². The molecule has 0 spiro atoms. The van der Waals surface area contributed by atoms with E-state index in [2.05, 4.69) is 4.98 Å². The molecule has 0 amide bonds. The normalized spacial score (nSPS) is 10.6. The maximum Gasteiger partial charge on any atom is 0.226 e. The molecule has 1 aromatic heterocycles. The van der Waals surface area contributed by atoms with E-state index in [0.717, 1.165) is 11.3 Å². The standard InChI is InChI=1S/C11H9ClFNO/c1-7-10(6-12)15-11(14-7)8-2-4-9(13)5-3-8/h2-5H,6H2,1H3. The van der Waals surface area contributed by atoms with E-state index in [0.29, 0.717) is 17.5 Å². The van der Waals surface area contributed by atoms with Crippen molar-refractivity contribution >= 4 is 11.6 Å². The van der Waals surface area contributed by atoms with Crippen LogP contribution in [0.5, 0.6) is 0 Å². The lowest BCUT2D eigenvalue weighted by molar-refractivity contribution is 0.535. The van der Waals surface area contributed by atoms with Crippen molar-refractivity contribution in [3.05, 3.63) is 41.5 Å². The van der Waals surface area contributed by atoms with Crippen LogP contribution in [-0.2, 0) is 5.88 Å². The van der Waals surface area contributed by atoms with Gasteiger partial charge in [-0.05, 0) is 31.2 Å². The van der Waals surface area contributed by atoms with E-state index in [4.69, 9.17) is 16.0 Å². The molecular formula is C11H9ClFNO. The topological polar surface area (TPSA) is 26.0 Å². The Hall–Kier alpha value is -1.35. The van der Waals surface area contributed by atoms with Gasteiger partial charge in [0.2, 0.25) is 5.89 Å². The number of benzene rings is 1. The van der Waals surface area contributed by atoms with Crippen LogP contribution in [0.2, 0.25) is 0 Å². The molecule has 0 fully saturated rings. The van der Waals surface area contributed by atoms with Crippen LogP contribution in [0, 0.1) is 12.7 Å². The zero-order valence-corrected chi connectivity index (χ0v) is 8.88. The summed E-state index contributed by atoms with van der Waals surface area (Å²) >= 11 is 5.66. The van der Waals surface area contributed by atoms with Crippen LogP contribution < -0.4 is 0 Å². The molecule has 0 saturated heterocycles. The van der Waals surface area contributed by atoms with Crippen molar-refractivity contribution in [2.45, 2.75) is 12.8 Å². The minimum Gasteiger partial charge on any atom is -0.440 e. The molecule has 1 heterocycles. The van der Waals surface area contributed by atoms with Gasteiger partial charge in [0.15, 0.2) is 0 Å². The Bertz CT molecular complexity index is 464. The monoisotopic (exact) mass is 225 g/mol. The first kappa shape index (κ1) is 10.2. The van der Waals surface area contributed by atoms with Crippen LogP contribution in [0.4, 0.5) is 4.39 Å². The minimum absolute atomic E-state index is 0.278. The molecule has 15 heavy (non-hydrogen) atoms. The number of halogens is 2. The van der Waals surface area contributed by atoms with Crippen molar-refractivity contribution in [1.82, 2.24) is 4.98 Å². The van der Waals surface area contributed by atoms with Crippen molar-refractivity contribution in [2.24, 2.45) is 0 Å². The average Bonchev–Trinajstić information content (AvgIpc) is 2.61. The summed E-state index contributed by atoms with van der Waals surface area (Å²) < 4.78 is 18.1. The minimum atomic E-state index is -0.278. The summed E-state index contributed by atoms with van der Waals surface area (Å²) in [6, 6.07) is 5.99. The first-order chi connectivity index (χ1) is 7.20. The fourth-order valence-corrected chi connectivity index (χ4v) is 1.52. The van der Waals surface area contributed by atoms with Gasteiger partial charge in [-0.15, -0.1) is 11.6 Å². The SMILES string of the molecule is Cc1nc(-c2ccc(F)cc2)oc1CCl. The number of nitrogens with zero attached hydrogens (tertiary/aromatic N) is 1. The Morgan fingerprint density at radius 1 is 1.33 bits per heavy atom. The highest BCUT2D eigenvalue weighted by molar-refractivity contribution is 6.16. The molecule has 0 saturated carbocycles. The fraction of sp³-hybridized carbons (Fsp3) is 0.182. The third kappa shape index (κ3) is 2.02. The van der Waals surface area contributed by atoms with Crippen molar-refractivity contribution in [3.8, 4) is 11.5 Å². The summed E-state index contributed by atoms with van der Waals surface area (Å²) in [7, 11) is 0. The van der Waals surface area contributed by atoms with Crippen molar-refractivity contribution < 1.29 is 8.81 Å². The van der Waals surface area contributed by atoms with Gasteiger partial charge in [-0.2, -0.15) is 0 Å². The summed E-state index contributed by atoms with van der Waals surface area (Å²) in [5.74, 6) is 1.14. The lowest BCUT2D eigenvalue weighted by Gasteiger charge is -1.94. The quantitative estimate of drug-likeness (QED) is 0.731. The van der Waals surface area contributed by atoms with E-state index < -0.39 is 0 Å². The van der Waals surface area contributed by atoms with E-state index in [9.17, 15) is 4.39 Å². The fourth-order valence-electron chi connectivity index (χ4n) is 1.27. The van der Waals surface area contributed by atoms with Gasteiger partial charge in [0.1, 0.15) is 11.6 Å². The van der Waals surface area contributed by atoms with Gasteiger partial charge in [0.05, 0.1) is 11.6 Å². The summed E-state index contributed by atoms with van der Waals surface area (Å²) in [4.78, 5) is 4.21. The second-order valence-electron chi connectivity index (χ2n) is 3.17. The van der Waals surface area contributed by atoms with Crippen molar-refractivity contribution in [1.29, 1.82) is 0 Å². The number of alkyl halides is 1. The largest absolute Gasteiger partial charge is 0.440 e. The molecule has 4 heteroatoms. The number of aryl methyl sites for hydroxylation is 1. The van der Waals surface area contributed by atoms with Crippen LogP contribution in [0.3, 0.4) is 0 Å². The van der Waals surface area contributed by atoms with Crippen LogP contribution in [0.15, 0.2) is 28.7 Å². The number of hydrogen-bond donors (Lipinski definition) is 0. The molecule has 1 aromatic carbocycles. The zero-order valence-electron chi connectivity index (χ0n) is 8.13. The van der Waals surface area contributed by atoms with Gasteiger partial charge in [-0.1, -0.05) is 0 Å². The molecule has 78 valence electrons. The number of aromatic nitrogens is 1. The molecule has 0 aliphatic rings. The predicted octanol–water partition coefficient (Wildman–Crippen LogP) is 3.53. The first-order valence-corrected chi connectivity index (χ1v) is 5.02. The zero-order chi connectivity index (χ0) is 10.8. The van der Waals surface area contributed by atoms with Crippen molar-refractivity contribution in [2.75, 3.05) is 0 Å². The highest BCUT2D eigenvalue weighted by Crippen LogP contribution is 2.22. The highest BCUT2D eigenvalue weighted by atomic mass is 35.5. The number of oxazole rings is 1. The highest BCUT2D eigenvalue weighted by Gasteiger charge is 2.10. The lowest BCUT2D eigenvalue weighted by atomic mass is 10.2. The molecule has 0 atom stereocenters. The molecule has 2 aromatic rings. The Balaban J connectivity index is 2.41. The number of hydrogen-bond acceptors (Lipinski definition) is 2. The van der Waals surface area contributed by atoms with Gasteiger partial charge in [0, 0.05) is 5.56 Å². The van der Waals surface area contributed by atoms with Gasteiger partial charge in [0.25, 0.3) is 0 Å². The third-order valence-corrected chi connectivity index (χ3v) is 2.35. The van der Waals surface area contributed by atoms with Crippen LogP contribution in [0.1, 0.15) is 11.5 Å². The molecule has 0 bridgehead atoms. The molecule has 2 nitrogen and oxygen atoms in total. The molecule has 0 aliphatic carbocycles. The summed E-state index contributed by atoms with van der Waals surface area (Å²) in [5.41, 5.74) is 1.51. The smallest absolute Gasteiger partial charge is 0.226 e. The summed E-state index contributed by atoms with van der Waals surface area (Å²) in [5, 5.41) is 0. The van der Waals surface area contributed by atoms with Gasteiger partial charge >= 0.3 is 0 Å². The first-order valence-electron chi connectivity index (χ1n) is 4.49. The Labute approximate surface area is 91.7 Å². The predicted molar refractivity (Wildman–Crippen MR) is 56.2 cm³/mol. The van der Waals surface area contributed by atoms with E-state index in [-0.39, 0.29) is 5.82 Å². The van der Waals surface area contributed by atoms with Crippen LogP contribution in [-0.4, -0.2) is 4.98 Å². The average molecular weight is 226 g/mol. The maximum absolute atomic E-state index is 12.7. The van der Waals surface area contributed by atoms with Crippen LogP contribution in [0.25, 0.3) is 11.5 Å². The molecule has 0 radical (unpaired) electrons. The molecular weight excluding hydrogens is 217 g/mol. The molecule has 0 aliphatic heterocycles. The summed E-state index contributed by atoms with van der Waals surface area (Å²) in [6.45, 7) is 1.83. The molecule has 0 N–H and O–H groups in total. The van der Waals surface area contributed by atoms with E-state index >= 15 is 0 Å². The summed E-state index contributed by atoms with van der Waals surface area (Å²) in [6.07, 6.45) is 0. The maximum atomic E-state index is 12.7. The third-order valence-electron chi connectivity index (χ3n) is 2.11. The van der Waals surface area contributed by atoms with E-state index in [1.807, 2.05) is 6.92 Å². The second-order valence-corrected chi connectivity index (χ2v) is 3.44. The van der Waals surface area contributed by atoms with Gasteiger partial charge in [-0.25, -0.2) is 9.37 Å². The van der Waals surface area contributed by atoms with Crippen molar-refractivity contribution in [3.63, 3.8) is 0 Å². The Morgan fingerprint density at radius 3 is 2.53 bits per heavy atom. The molecule has 0 unspecified atom stereocenters. The van der Waals surface area contributed by atoms with Crippen LogP contribution >= 0.6 is 11.6 Å². The Kier molecular flexibility index (Phi) is 2.73. The lowest BCUT2D eigenvalue weighted by Crippen LogP contribution is -1.79. The number of rotatable bonds is 2. The van der Waals surface area contributed by atoms with E-state index in [1.54, 1.807) is 12.1 Å². The second kappa shape index (κ2) is 4.03. The molecule has 2 rings (SSSR count).